The molecule has 178 valence electrons. The van der Waals surface area contributed by atoms with Gasteiger partial charge in [0, 0.05) is 50.9 Å². The highest BCUT2D eigenvalue weighted by atomic mass is 32.1. The monoisotopic (exact) mass is 493 g/mol. The van der Waals surface area contributed by atoms with Crippen LogP contribution in [-0.4, -0.2) is 49.3 Å². The topological polar surface area (TPSA) is 104 Å². The van der Waals surface area contributed by atoms with E-state index in [2.05, 4.69) is 71.2 Å². The smallest absolute Gasteiger partial charge is 0.181 e. The molecule has 1 aliphatic heterocycles. The second-order valence-corrected chi connectivity index (χ2v) is 9.90. The SMILES string of the molecule is c1csc(-c2ccnc3[nH]c(-c4[nH]nc5ncc(-c6cncc(OC7CCNCC7)c6)cc45)cc23)c1. The Morgan fingerprint density at radius 1 is 0.944 bits per heavy atom. The first-order valence-electron chi connectivity index (χ1n) is 12.0. The highest BCUT2D eigenvalue weighted by molar-refractivity contribution is 7.13. The molecule has 36 heavy (non-hydrogen) atoms. The number of piperidine rings is 1. The third kappa shape index (κ3) is 3.82. The number of H-pyrrole nitrogens is 2. The van der Waals surface area contributed by atoms with Crippen molar-refractivity contribution in [3.8, 4) is 38.7 Å². The summed E-state index contributed by atoms with van der Waals surface area (Å²) in [6.07, 6.45) is 9.53. The van der Waals surface area contributed by atoms with E-state index in [1.807, 2.05) is 24.7 Å². The van der Waals surface area contributed by atoms with Gasteiger partial charge in [-0.05, 0) is 61.6 Å². The van der Waals surface area contributed by atoms with Crippen molar-refractivity contribution in [1.82, 2.24) is 35.5 Å². The highest BCUT2D eigenvalue weighted by Crippen LogP contribution is 2.35. The van der Waals surface area contributed by atoms with E-state index < -0.39 is 0 Å². The zero-order chi connectivity index (χ0) is 23.9. The van der Waals surface area contributed by atoms with E-state index in [1.54, 1.807) is 17.5 Å². The molecule has 0 saturated carbocycles. The predicted octanol–water partition coefficient (Wildman–Crippen LogP) is 5.42. The third-order valence-electron chi connectivity index (χ3n) is 6.63. The molecule has 0 aliphatic carbocycles. The molecule has 0 radical (unpaired) electrons. The van der Waals surface area contributed by atoms with Gasteiger partial charge in [-0.25, -0.2) is 9.97 Å². The van der Waals surface area contributed by atoms with Gasteiger partial charge in [0.2, 0.25) is 0 Å². The standard InChI is InChI=1S/C27H23N7OS/c1-2-24(36-9-1)20-5-8-30-26-21(20)12-23(32-26)25-22-11-17(14-31-27(22)34-33-25)16-10-19(15-29-13-16)35-18-3-6-28-7-4-18/h1-2,5,8-15,18,28H,3-4,6-7H2,(H,30,32)(H,31,33,34). The number of hydrogen-bond acceptors (Lipinski definition) is 7. The number of pyridine rings is 3. The van der Waals surface area contributed by atoms with Crippen molar-refractivity contribution in [2.24, 2.45) is 0 Å². The second kappa shape index (κ2) is 8.85. The summed E-state index contributed by atoms with van der Waals surface area (Å²) in [5.74, 6) is 0.787. The third-order valence-corrected chi connectivity index (χ3v) is 7.54. The highest BCUT2D eigenvalue weighted by Gasteiger charge is 2.17. The Kier molecular flexibility index (Phi) is 5.22. The van der Waals surface area contributed by atoms with Crippen molar-refractivity contribution in [3.05, 3.63) is 66.6 Å². The molecule has 1 fully saturated rings. The maximum atomic E-state index is 6.21. The fraction of sp³-hybridized carbons (Fsp3) is 0.185. The average Bonchev–Trinajstić information content (AvgIpc) is 3.68. The summed E-state index contributed by atoms with van der Waals surface area (Å²) in [4.78, 5) is 18.3. The van der Waals surface area contributed by atoms with Crippen molar-refractivity contribution in [3.63, 3.8) is 0 Å². The largest absolute Gasteiger partial charge is 0.489 e. The van der Waals surface area contributed by atoms with Crippen LogP contribution in [0.5, 0.6) is 5.75 Å². The van der Waals surface area contributed by atoms with Crippen molar-refractivity contribution >= 4 is 33.4 Å². The van der Waals surface area contributed by atoms with E-state index in [0.717, 1.165) is 76.2 Å². The molecule has 7 heterocycles. The zero-order valence-electron chi connectivity index (χ0n) is 19.4. The van der Waals surface area contributed by atoms with E-state index in [-0.39, 0.29) is 6.10 Å². The molecular formula is C27H23N7OS. The molecule has 0 spiro atoms. The van der Waals surface area contributed by atoms with Gasteiger partial charge in [-0.2, -0.15) is 5.10 Å². The lowest BCUT2D eigenvalue weighted by molar-refractivity contribution is 0.162. The summed E-state index contributed by atoms with van der Waals surface area (Å²) in [6, 6.07) is 12.5. The normalized spacial score (nSPS) is 14.6. The summed E-state index contributed by atoms with van der Waals surface area (Å²) in [7, 11) is 0. The van der Waals surface area contributed by atoms with Gasteiger partial charge in [0.05, 0.1) is 17.6 Å². The van der Waals surface area contributed by atoms with Crippen molar-refractivity contribution in [2.75, 3.05) is 13.1 Å². The van der Waals surface area contributed by atoms with Crippen LogP contribution in [0.1, 0.15) is 12.8 Å². The Morgan fingerprint density at radius 2 is 1.86 bits per heavy atom. The lowest BCUT2D eigenvalue weighted by Crippen LogP contribution is -2.34. The number of aromatic amines is 2. The second-order valence-electron chi connectivity index (χ2n) is 8.95. The van der Waals surface area contributed by atoms with Gasteiger partial charge < -0.3 is 15.0 Å². The molecule has 1 aliphatic rings. The Morgan fingerprint density at radius 3 is 2.75 bits per heavy atom. The number of ether oxygens (including phenoxy) is 1. The summed E-state index contributed by atoms with van der Waals surface area (Å²) in [5, 5.41) is 15.1. The molecule has 7 rings (SSSR count). The number of aromatic nitrogens is 6. The molecule has 6 aromatic rings. The van der Waals surface area contributed by atoms with Crippen molar-refractivity contribution in [2.45, 2.75) is 18.9 Å². The van der Waals surface area contributed by atoms with Gasteiger partial charge in [0.15, 0.2) is 5.65 Å². The van der Waals surface area contributed by atoms with Gasteiger partial charge in [-0.3, -0.25) is 10.1 Å². The van der Waals surface area contributed by atoms with Gasteiger partial charge >= 0.3 is 0 Å². The molecular weight excluding hydrogens is 470 g/mol. The van der Waals surface area contributed by atoms with Crippen LogP contribution in [0.15, 0.2) is 66.6 Å². The van der Waals surface area contributed by atoms with Crippen molar-refractivity contribution in [1.29, 1.82) is 0 Å². The van der Waals surface area contributed by atoms with E-state index in [0.29, 0.717) is 5.65 Å². The molecule has 0 amide bonds. The minimum Gasteiger partial charge on any atom is -0.489 e. The van der Waals surface area contributed by atoms with E-state index in [1.165, 1.54) is 4.88 Å². The minimum atomic E-state index is 0.221. The predicted molar refractivity (Wildman–Crippen MR) is 142 cm³/mol. The maximum absolute atomic E-state index is 6.21. The Bertz CT molecular complexity index is 1660. The lowest BCUT2D eigenvalue weighted by atomic mass is 10.1. The van der Waals surface area contributed by atoms with Crippen LogP contribution in [0.4, 0.5) is 0 Å². The van der Waals surface area contributed by atoms with Crippen molar-refractivity contribution < 1.29 is 4.74 Å². The number of nitrogens with one attached hydrogen (secondary N) is 3. The number of thiophene rings is 1. The molecule has 0 atom stereocenters. The minimum absolute atomic E-state index is 0.221. The maximum Gasteiger partial charge on any atom is 0.181 e. The summed E-state index contributed by atoms with van der Waals surface area (Å²) in [6.45, 7) is 1.97. The molecule has 3 N–H and O–H groups in total. The van der Waals surface area contributed by atoms with E-state index >= 15 is 0 Å². The van der Waals surface area contributed by atoms with Gasteiger partial charge in [-0.1, -0.05) is 6.07 Å². The zero-order valence-corrected chi connectivity index (χ0v) is 20.2. The van der Waals surface area contributed by atoms with Crippen LogP contribution in [0.25, 0.3) is 55.0 Å². The Balaban J connectivity index is 1.26. The Labute approximate surface area is 210 Å². The van der Waals surface area contributed by atoms with E-state index in [4.69, 9.17) is 4.74 Å². The molecule has 0 aromatic carbocycles. The first kappa shape index (κ1) is 21.2. The number of fused-ring (bicyclic) bond motifs is 2. The van der Waals surface area contributed by atoms with Crippen LogP contribution in [0.2, 0.25) is 0 Å². The van der Waals surface area contributed by atoms with Gasteiger partial charge in [0.1, 0.15) is 17.5 Å². The average molecular weight is 494 g/mol. The van der Waals surface area contributed by atoms with Crippen LogP contribution in [0, 0.1) is 0 Å². The van der Waals surface area contributed by atoms with Crippen LogP contribution in [0.3, 0.4) is 0 Å². The van der Waals surface area contributed by atoms with Crippen LogP contribution >= 0.6 is 11.3 Å². The van der Waals surface area contributed by atoms with E-state index in [9.17, 15) is 0 Å². The first-order valence-corrected chi connectivity index (χ1v) is 12.9. The lowest BCUT2D eigenvalue weighted by Gasteiger charge is -2.23. The fourth-order valence-electron chi connectivity index (χ4n) is 4.82. The number of hydrogen-bond donors (Lipinski definition) is 3. The first-order chi connectivity index (χ1) is 17.8. The van der Waals surface area contributed by atoms with Crippen LogP contribution in [-0.2, 0) is 0 Å². The molecule has 0 bridgehead atoms. The quantitative estimate of drug-likeness (QED) is 0.296. The fourth-order valence-corrected chi connectivity index (χ4v) is 5.58. The number of rotatable bonds is 5. The van der Waals surface area contributed by atoms with Gasteiger partial charge in [-0.15, -0.1) is 11.3 Å². The van der Waals surface area contributed by atoms with Crippen LogP contribution < -0.4 is 10.1 Å². The molecule has 1 saturated heterocycles. The Hall–Kier alpha value is -4.08. The van der Waals surface area contributed by atoms with Gasteiger partial charge in [0.25, 0.3) is 0 Å². The molecule has 6 aromatic heterocycles. The molecule has 9 heteroatoms. The summed E-state index contributed by atoms with van der Waals surface area (Å²) in [5.41, 5.74) is 6.39. The molecule has 8 nitrogen and oxygen atoms in total. The summed E-state index contributed by atoms with van der Waals surface area (Å²) < 4.78 is 6.21. The number of nitrogens with zero attached hydrogens (tertiary/aromatic N) is 4. The molecule has 0 unspecified atom stereocenters. The summed E-state index contributed by atoms with van der Waals surface area (Å²) >= 11 is 1.72.